The highest BCUT2D eigenvalue weighted by Crippen LogP contribution is 2.29. The molecule has 0 unspecified atom stereocenters. The number of methoxy groups -OCH3 is 1. The highest BCUT2D eigenvalue weighted by atomic mass is 16.5. The molecule has 1 amide bonds. The van der Waals surface area contributed by atoms with E-state index in [1.165, 1.54) is 30.4 Å². The number of rotatable bonds is 2. The Morgan fingerprint density at radius 3 is 2.59 bits per heavy atom. The van der Waals surface area contributed by atoms with E-state index in [-0.39, 0.29) is 0 Å². The topological polar surface area (TPSA) is 52.3 Å². The maximum atomic E-state index is 9.82. The third-order valence-corrected chi connectivity index (χ3v) is 2.74. The zero-order valence-electron chi connectivity index (χ0n) is 10.5. The van der Waals surface area contributed by atoms with Gasteiger partial charge in [0, 0.05) is 5.57 Å². The van der Waals surface area contributed by atoms with Crippen molar-refractivity contribution in [2.24, 2.45) is 5.73 Å². The molecule has 0 spiro atoms. The summed E-state index contributed by atoms with van der Waals surface area (Å²) in [5, 5.41) is 0. The van der Waals surface area contributed by atoms with Crippen LogP contribution in [0.2, 0.25) is 0 Å². The molecule has 0 fully saturated rings. The second kappa shape index (κ2) is 6.09. The number of carbonyl (C=O) groups is 1. The SMILES string of the molecule is C=C(C)C(N)=O.COc1cccc2c1CCC2. The van der Waals surface area contributed by atoms with Gasteiger partial charge in [-0.15, -0.1) is 0 Å². The standard InChI is InChI=1S/C10H12O.C4H7NO/c1-11-10-7-3-5-8-4-2-6-9(8)10;1-3(2)4(5)6/h3,5,7H,2,4,6H2,1H3;1H2,2H3,(H2,5,6). The Kier molecular flexibility index (Phi) is 4.76. The van der Waals surface area contributed by atoms with Crippen LogP contribution in [0.3, 0.4) is 0 Å². The highest BCUT2D eigenvalue weighted by molar-refractivity contribution is 5.90. The van der Waals surface area contributed by atoms with E-state index in [2.05, 4.69) is 18.7 Å². The molecule has 1 aliphatic carbocycles. The second-order valence-electron chi connectivity index (χ2n) is 4.10. The molecule has 92 valence electrons. The minimum absolute atomic E-state index is 0.398. The van der Waals surface area contributed by atoms with E-state index in [4.69, 9.17) is 10.5 Å². The van der Waals surface area contributed by atoms with Gasteiger partial charge in [-0.25, -0.2) is 0 Å². The van der Waals surface area contributed by atoms with E-state index in [9.17, 15) is 4.79 Å². The van der Waals surface area contributed by atoms with Crippen LogP contribution < -0.4 is 10.5 Å². The van der Waals surface area contributed by atoms with Gasteiger partial charge >= 0.3 is 0 Å². The first-order chi connectivity index (χ1) is 8.06. The van der Waals surface area contributed by atoms with Crippen molar-refractivity contribution < 1.29 is 9.53 Å². The van der Waals surface area contributed by atoms with Gasteiger partial charge in [0.25, 0.3) is 0 Å². The first-order valence-corrected chi connectivity index (χ1v) is 5.66. The summed E-state index contributed by atoms with van der Waals surface area (Å²) in [6.45, 7) is 4.85. The maximum absolute atomic E-state index is 9.82. The van der Waals surface area contributed by atoms with Crippen LogP contribution in [-0.2, 0) is 17.6 Å². The van der Waals surface area contributed by atoms with Crippen LogP contribution in [0.5, 0.6) is 5.75 Å². The van der Waals surface area contributed by atoms with Crippen molar-refractivity contribution in [1.29, 1.82) is 0 Å². The van der Waals surface area contributed by atoms with Gasteiger partial charge in [0.1, 0.15) is 5.75 Å². The molecule has 1 aliphatic rings. The number of amides is 1. The van der Waals surface area contributed by atoms with Crippen LogP contribution in [-0.4, -0.2) is 13.0 Å². The number of benzene rings is 1. The second-order valence-corrected chi connectivity index (χ2v) is 4.10. The van der Waals surface area contributed by atoms with E-state index in [0.717, 1.165) is 5.75 Å². The molecule has 2 N–H and O–H groups in total. The molecule has 0 bridgehead atoms. The van der Waals surface area contributed by atoms with Gasteiger partial charge in [0.15, 0.2) is 0 Å². The van der Waals surface area contributed by atoms with Gasteiger partial charge in [-0.05, 0) is 43.4 Å². The summed E-state index contributed by atoms with van der Waals surface area (Å²) in [6.07, 6.45) is 3.71. The third-order valence-electron chi connectivity index (χ3n) is 2.74. The average molecular weight is 233 g/mol. The van der Waals surface area contributed by atoms with Gasteiger partial charge in [-0.1, -0.05) is 18.7 Å². The van der Waals surface area contributed by atoms with Crippen molar-refractivity contribution in [1.82, 2.24) is 0 Å². The lowest BCUT2D eigenvalue weighted by Gasteiger charge is -2.05. The summed E-state index contributed by atoms with van der Waals surface area (Å²) >= 11 is 0. The van der Waals surface area contributed by atoms with Crippen molar-refractivity contribution in [3.05, 3.63) is 41.5 Å². The van der Waals surface area contributed by atoms with Crippen LogP contribution in [0.4, 0.5) is 0 Å². The summed E-state index contributed by atoms with van der Waals surface area (Å²) in [4.78, 5) is 9.82. The van der Waals surface area contributed by atoms with Crippen LogP contribution >= 0.6 is 0 Å². The third kappa shape index (κ3) is 3.63. The number of hydrogen-bond donors (Lipinski definition) is 1. The van der Waals surface area contributed by atoms with Gasteiger partial charge in [-0.2, -0.15) is 0 Å². The number of carbonyl (C=O) groups excluding carboxylic acids is 1. The molecule has 0 aromatic heterocycles. The monoisotopic (exact) mass is 233 g/mol. The lowest BCUT2D eigenvalue weighted by molar-refractivity contribution is -0.114. The maximum Gasteiger partial charge on any atom is 0.243 e. The van der Waals surface area contributed by atoms with Crippen LogP contribution in [0.15, 0.2) is 30.4 Å². The molecular formula is C14H19NO2. The largest absolute Gasteiger partial charge is 0.496 e. The van der Waals surface area contributed by atoms with Crippen molar-refractivity contribution in [3.8, 4) is 5.75 Å². The average Bonchev–Trinajstić information content (AvgIpc) is 2.77. The molecular weight excluding hydrogens is 214 g/mol. The number of aryl methyl sites for hydroxylation is 1. The molecule has 0 radical (unpaired) electrons. The van der Waals surface area contributed by atoms with E-state index < -0.39 is 5.91 Å². The Bertz CT molecular complexity index is 412. The first kappa shape index (κ1) is 13.3. The number of ether oxygens (including phenoxy) is 1. The van der Waals surface area contributed by atoms with Crippen molar-refractivity contribution in [2.75, 3.05) is 7.11 Å². The molecule has 17 heavy (non-hydrogen) atoms. The lowest BCUT2D eigenvalue weighted by Crippen LogP contribution is -2.10. The van der Waals surface area contributed by atoms with Crippen LogP contribution in [0.25, 0.3) is 0 Å². The lowest BCUT2D eigenvalue weighted by atomic mass is 10.1. The minimum atomic E-state index is -0.435. The quantitative estimate of drug-likeness (QED) is 0.796. The molecule has 0 atom stereocenters. The molecule has 0 saturated carbocycles. The zero-order chi connectivity index (χ0) is 12.8. The molecule has 3 nitrogen and oxygen atoms in total. The molecule has 1 aromatic carbocycles. The first-order valence-electron chi connectivity index (χ1n) is 5.66. The van der Waals surface area contributed by atoms with E-state index in [1.807, 2.05) is 6.07 Å². The van der Waals surface area contributed by atoms with Crippen molar-refractivity contribution >= 4 is 5.91 Å². The number of hydrogen-bond acceptors (Lipinski definition) is 2. The van der Waals surface area contributed by atoms with E-state index in [1.54, 1.807) is 14.0 Å². The predicted molar refractivity (Wildman–Crippen MR) is 69.0 cm³/mol. The van der Waals surface area contributed by atoms with Gasteiger partial charge in [-0.3, -0.25) is 4.79 Å². The molecule has 3 heteroatoms. The Labute approximate surface area is 102 Å². The summed E-state index contributed by atoms with van der Waals surface area (Å²) < 4.78 is 5.26. The molecule has 1 aromatic rings. The fourth-order valence-electron chi connectivity index (χ4n) is 1.78. The van der Waals surface area contributed by atoms with Crippen LogP contribution in [0.1, 0.15) is 24.5 Å². The fraction of sp³-hybridized carbons (Fsp3) is 0.357. The Hall–Kier alpha value is -1.77. The summed E-state index contributed by atoms with van der Waals surface area (Å²) in [6, 6.07) is 6.32. The Morgan fingerprint density at radius 2 is 2.06 bits per heavy atom. The molecule has 2 rings (SSSR count). The number of nitrogens with two attached hydrogens (primary N) is 1. The van der Waals surface area contributed by atoms with Gasteiger partial charge in [0.2, 0.25) is 5.91 Å². The summed E-state index contributed by atoms with van der Waals surface area (Å²) in [5.74, 6) is 0.634. The van der Waals surface area contributed by atoms with Gasteiger partial charge in [0.05, 0.1) is 7.11 Å². The van der Waals surface area contributed by atoms with E-state index in [0.29, 0.717) is 5.57 Å². The molecule has 0 saturated heterocycles. The van der Waals surface area contributed by atoms with Crippen LogP contribution in [0, 0.1) is 0 Å². The number of primary amides is 1. The molecule has 0 heterocycles. The summed E-state index contributed by atoms with van der Waals surface area (Å²) in [5.41, 5.74) is 8.00. The fourth-order valence-corrected chi connectivity index (χ4v) is 1.78. The normalized spacial score (nSPS) is 12.1. The highest BCUT2D eigenvalue weighted by Gasteiger charge is 2.13. The Balaban J connectivity index is 0.000000209. The van der Waals surface area contributed by atoms with Crippen molar-refractivity contribution in [3.63, 3.8) is 0 Å². The zero-order valence-corrected chi connectivity index (χ0v) is 10.5. The Morgan fingerprint density at radius 1 is 1.41 bits per heavy atom. The smallest absolute Gasteiger partial charge is 0.243 e. The van der Waals surface area contributed by atoms with Crippen molar-refractivity contribution in [2.45, 2.75) is 26.2 Å². The predicted octanol–water partition coefficient (Wildman–Crippen LogP) is 2.23. The van der Waals surface area contributed by atoms with Gasteiger partial charge < -0.3 is 10.5 Å². The summed E-state index contributed by atoms with van der Waals surface area (Å²) in [7, 11) is 1.74. The minimum Gasteiger partial charge on any atom is -0.496 e. The van der Waals surface area contributed by atoms with E-state index >= 15 is 0 Å². The number of fused-ring (bicyclic) bond motifs is 1. The molecule has 0 aliphatic heterocycles.